The highest BCUT2D eigenvalue weighted by molar-refractivity contribution is 9.10. The number of nitrogens with zero attached hydrogens (tertiary/aromatic N) is 4. The van der Waals surface area contributed by atoms with E-state index in [0.717, 1.165) is 18.4 Å². The topological polar surface area (TPSA) is 41.4 Å². The molecule has 1 aliphatic carbocycles. The van der Waals surface area contributed by atoms with E-state index < -0.39 is 6.43 Å². The lowest BCUT2D eigenvalue weighted by Gasteiger charge is -2.35. The van der Waals surface area contributed by atoms with Crippen LogP contribution >= 0.6 is 39.1 Å². The zero-order valence-electron chi connectivity index (χ0n) is 16.1. The van der Waals surface area contributed by atoms with E-state index in [1.807, 2.05) is 18.2 Å². The fourth-order valence-electron chi connectivity index (χ4n) is 3.77. The first-order valence-electron chi connectivity index (χ1n) is 9.82. The van der Waals surface area contributed by atoms with Crippen LogP contribution in [0.25, 0.3) is 0 Å². The summed E-state index contributed by atoms with van der Waals surface area (Å²) in [7, 11) is 0. The first-order valence-corrected chi connectivity index (χ1v) is 11.4. The maximum atomic E-state index is 13.3. The van der Waals surface area contributed by atoms with Gasteiger partial charge < -0.3 is 4.90 Å². The number of benzene rings is 1. The van der Waals surface area contributed by atoms with Gasteiger partial charge in [0.05, 0.1) is 10.2 Å². The minimum absolute atomic E-state index is 0.0203. The van der Waals surface area contributed by atoms with Crippen LogP contribution in [0.2, 0.25) is 10.0 Å². The second kappa shape index (κ2) is 9.10. The summed E-state index contributed by atoms with van der Waals surface area (Å²) in [5.41, 5.74) is 1.31. The van der Waals surface area contributed by atoms with Gasteiger partial charge in [0.25, 0.3) is 6.43 Å². The van der Waals surface area contributed by atoms with Crippen LogP contribution in [0.3, 0.4) is 0 Å². The number of piperazine rings is 1. The van der Waals surface area contributed by atoms with E-state index in [1.54, 1.807) is 4.90 Å². The van der Waals surface area contributed by atoms with Crippen molar-refractivity contribution in [3.05, 3.63) is 49.7 Å². The van der Waals surface area contributed by atoms with Crippen LogP contribution in [-0.2, 0) is 17.9 Å². The first-order chi connectivity index (χ1) is 14.3. The number of alkyl halides is 2. The summed E-state index contributed by atoms with van der Waals surface area (Å²) < 4.78 is 28.3. The highest BCUT2D eigenvalue weighted by atomic mass is 79.9. The molecular weight excluding hydrogens is 501 g/mol. The fraction of sp³-hybridized carbons (Fsp3) is 0.500. The molecule has 10 heteroatoms. The van der Waals surface area contributed by atoms with E-state index >= 15 is 0 Å². The van der Waals surface area contributed by atoms with Crippen LogP contribution < -0.4 is 0 Å². The molecule has 1 amide bonds. The van der Waals surface area contributed by atoms with Crippen molar-refractivity contribution in [2.75, 3.05) is 26.2 Å². The minimum atomic E-state index is -2.67. The lowest BCUT2D eigenvalue weighted by Crippen LogP contribution is -2.49. The van der Waals surface area contributed by atoms with E-state index in [-0.39, 0.29) is 24.1 Å². The molecule has 162 valence electrons. The SMILES string of the molecule is O=C(Cn1nc(C(F)F)c(Br)c1C1CC1)N1CCN(Cc2c(Cl)cccc2Cl)CC1. The van der Waals surface area contributed by atoms with Crippen molar-refractivity contribution in [1.82, 2.24) is 19.6 Å². The number of carbonyl (C=O) groups excluding carboxylic acids is 1. The Bertz CT molecular complexity index is 923. The molecule has 1 aromatic heterocycles. The van der Waals surface area contributed by atoms with Crippen molar-refractivity contribution in [2.45, 2.75) is 38.3 Å². The Hall–Kier alpha value is -1.22. The van der Waals surface area contributed by atoms with Gasteiger partial charge in [-0.3, -0.25) is 14.4 Å². The molecule has 0 bridgehead atoms. The second-order valence-electron chi connectivity index (χ2n) is 7.67. The van der Waals surface area contributed by atoms with E-state index in [4.69, 9.17) is 23.2 Å². The number of amides is 1. The number of rotatable bonds is 6. The monoisotopic (exact) mass is 520 g/mol. The predicted molar refractivity (Wildman–Crippen MR) is 115 cm³/mol. The standard InChI is InChI=1S/C20H21BrCl2F2N4O/c21-17-18(20(24)25)26-29(19(17)12-4-5-12)11-16(30)28-8-6-27(7-9-28)10-13-14(22)2-1-3-15(13)23/h1-3,12,20H,4-11H2. The zero-order chi connectivity index (χ0) is 21.4. The summed E-state index contributed by atoms with van der Waals surface area (Å²) in [6.07, 6.45) is -0.803. The van der Waals surface area contributed by atoms with Gasteiger partial charge in [-0.25, -0.2) is 8.78 Å². The molecule has 1 saturated carbocycles. The van der Waals surface area contributed by atoms with Crippen LogP contribution in [0.15, 0.2) is 22.7 Å². The summed E-state index contributed by atoms with van der Waals surface area (Å²) in [5.74, 6) is 0.0903. The molecule has 1 aromatic carbocycles. The van der Waals surface area contributed by atoms with Gasteiger partial charge in [0.15, 0.2) is 0 Å². The van der Waals surface area contributed by atoms with Crippen LogP contribution in [-0.4, -0.2) is 51.7 Å². The quantitative estimate of drug-likeness (QED) is 0.530. The molecule has 0 spiro atoms. The smallest absolute Gasteiger partial charge is 0.283 e. The molecule has 0 radical (unpaired) electrons. The van der Waals surface area contributed by atoms with E-state index in [0.29, 0.717) is 52.9 Å². The fourth-order valence-corrected chi connectivity index (χ4v) is 5.07. The molecule has 2 aliphatic rings. The van der Waals surface area contributed by atoms with Gasteiger partial charge in [0.1, 0.15) is 12.2 Å². The average Bonchev–Trinajstić information content (AvgIpc) is 3.49. The summed E-state index contributed by atoms with van der Waals surface area (Å²) in [4.78, 5) is 16.8. The normalized spacial score (nSPS) is 17.7. The highest BCUT2D eigenvalue weighted by Crippen LogP contribution is 2.45. The Kier molecular flexibility index (Phi) is 6.67. The van der Waals surface area contributed by atoms with Gasteiger partial charge in [-0.1, -0.05) is 29.3 Å². The Balaban J connectivity index is 1.38. The van der Waals surface area contributed by atoms with E-state index in [1.165, 1.54) is 4.68 Å². The lowest BCUT2D eigenvalue weighted by atomic mass is 10.2. The molecule has 30 heavy (non-hydrogen) atoms. The number of carbonyl (C=O) groups is 1. The van der Waals surface area contributed by atoms with Crippen molar-refractivity contribution in [2.24, 2.45) is 0 Å². The molecule has 2 aromatic rings. The van der Waals surface area contributed by atoms with E-state index in [9.17, 15) is 13.6 Å². The number of halogens is 5. The third kappa shape index (κ3) is 4.66. The highest BCUT2D eigenvalue weighted by Gasteiger charge is 2.34. The van der Waals surface area contributed by atoms with Crippen LogP contribution in [0.1, 0.15) is 42.1 Å². The predicted octanol–water partition coefficient (Wildman–Crippen LogP) is 5.11. The second-order valence-corrected chi connectivity index (χ2v) is 9.28. The third-order valence-corrected chi connectivity index (χ3v) is 7.10. The van der Waals surface area contributed by atoms with Crippen molar-refractivity contribution < 1.29 is 13.6 Å². The zero-order valence-corrected chi connectivity index (χ0v) is 19.2. The number of hydrogen-bond donors (Lipinski definition) is 0. The summed E-state index contributed by atoms with van der Waals surface area (Å²) >= 11 is 15.8. The summed E-state index contributed by atoms with van der Waals surface area (Å²) in [6, 6.07) is 5.44. The maximum absolute atomic E-state index is 13.3. The molecule has 4 rings (SSSR count). The van der Waals surface area contributed by atoms with Gasteiger partial charge in [0, 0.05) is 54.3 Å². The Morgan fingerprint density at radius 3 is 2.37 bits per heavy atom. The van der Waals surface area contributed by atoms with Crippen molar-refractivity contribution in [3.8, 4) is 0 Å². The average molecular weight is 522 g/mol. The van der Waals surface area contributed by atoms with Gasteiger partial charge in [-0.2, -0.15) is 5.10 Å². The molecule has 2 fully saturated rings. The summed E-state index contributed by atoms with van der Waals surface area (Å²) in [5, 5.41) is 5.29. The van der Waals surface area contributed by atoms with Gasteiger partial charge >= 0.3 is 0 Å². The van der Waals surface area contributed by atoms with Gasteiger partial charge in [0.2, 0.25) is 5.91 Å². The molecule has 1 aliphatic heterocycles. The number of aromatic nitrogens is 2. The molecule has 5 nitrogen and oxygen atoms in total. The third-order valence-electron chi connectivity index (χ3n) is 5.58. The van der Waals surface area contributed by atoms with Crippen LogP contribution in [0.4, 0.5) is 8.78 Å². The summed E-state index contributed by atoms with van der Waals surface area (Å²) in [6.45, 7) is 3.10. The Labute approximate surface area is 192 Å². The van der Waals surface area contributed by atoms with Gasteiger partial charge in [-0.05, 0) is 40.9 Å². The van der Waals surface area contributed by atoms with Crippen molar-refractivity contribution in [3.63, 3.8) is 0 Å². The Morgan fingerprint density at radius 2 is 1.80 bits per heavy atom. The molecular formula is C20H21BrCl2F2N4O. The van der Waals surface area contributed by atoms with Crippen LogP contribution in [0.5, 0.6) is 0 Å². The Morgan fingerprint density at radius 1 is 1.17 bits per heavy atom. The minimum Gasteiger partial charge on any atom is -0.339 e. The van der Waals surface area contributed by atoms with Crippen molar-refractivity contribution in [1.29, 1.82) is 0 Å². The largest absolute Gasteiger partial charge is 0.339 e. The lowest BCUT2D eigenvalue weighted by molar-refractivity contribution is -0.133. The van der Waals surface area contributed by atoms with Crippen LogP contribution in [0, 0.1) is 0 Å². The van der Waals surface area contributed by atoms with Crippen molar-refractivity contribution >= 4 is 45.0 Å². The first kappa shape index (κ1) is 22.0. The molecule has 0 unspecified atom stereocenters. The van der Waals surface area contributed by atoms with E-state index in [2.05, 4.69) is 25.9 Å². The number of hydrogen-bond acceptors (Lipinski definition) is 3. The molecule has 1 saturated heterocycles. The van der Waals surface area contributed by atoms with Gasteiger partial charge in [-0.15, -0.1) is 0 Å². The molecule has 0 N–H and O–H groups in total. The maximum Gasteiger partial charge on any atom is 0.283 e. The molecule has 0 atom stereocenters. The molecule has 2 heterocycles.